The lowest BCUT2D eigenvalue weighted by Gasteiger charge is -2.19. The molecule has 1 rings (SSSR count). The van der Waals surface area contributed by atoms with E-state index >= 15 is 0 Å². The van der Waals surface area contributed by atoms with Crippen LogP contribution in [0.2, 0.25) is 0 Å². The molecule has 100 valence electrons. The Balaban J connectivity index is 3.04. The Hall–Kier alpha value is -1.66. The number of anilines is 1. The number of nitrogens with zero attached hydrogens (tertiary/aromatic N) is 1. The van der Waals surface area contributed by atoms with E-state index in [2.05, 4.69) is 16.9 Å². The predicted octanol–water partition coefficient (Wildman–Crippen LogP) is 1.22. The Morgan fingerprint density at radius 2 is 2.39 bits per heavy atom. The molecule has 6 heteroatoms. The van der Waals surface area contributed by atoms with E-state index < -0.39 is 0 Å². The van der Waals surface area contributed by atoms with Crippen LogP contribution in [0.3, 0.4) is 0 Å². The number of H-pyrrole nitrogens is 1. The van der Waals surface area contributed by atoms with Gasteiger partial charge in [-0.15, -0.1) is 0 Å². The highest BCUT2D eigenvalue weighted by molar-refractivity contribution is 5.24. The third kappa shape index (κ3) is 3.68. The van der Waals surface area contributed by atoms with E-state index in [1.165, 1.54) is 6.07 Å². The minimum Gasteiger partial charge on any atom is -0.327 e. The molecule has 1 heterocycles. The van der Waals surface area contributed by atoms with Crippen LogP contribution in [0, 0.1) is 5.92 Å². The molecule has 1 aromatic heterocycles. The summed E-state index contributed by atoms with van der Waals surface area (Å²) >= 11 is 0. The second-order valence-corrected chi connectivity index (χ2v) is 4.17. The van der Waals surface area contributed by atoms with Crippen molar-refractivity contribution in [1.29, 1.82) is 0 Å². The number of aromatic nitrogens is 2. The molecule has 0 radical (unpaired) electrons. The molecule has 18 heavy (non-hydrogen) atoms. The molecule has 0 aromatic carbocycles. The van der Waals surface area contributed by atoms with Crippen LogP contribution in [-0.4, -0.2) is 21.7 Å². The van der Waals surface area contributed by atoms with Gasteiger partial charge in [-0.25, -0.2) is 10.5 Å². The maximum Gasteiger partial charge on any atom is 0.252 e. The van der Waals surface area contributed by atoms with Crippen LogP contribution >= 0.6 is 0 Å². The van der Waals surface area contributed by atoms with Gasteiger partial charge < -0.3 is 5.73 Å². The van der Waals surface area contributed by atoms with Gasteiger partial charge in [0.15, 0.2) is 0 Å². The van der Waals surface area contributed by atoms with E-state index in [1.807, 2.05) is 24.6 Å². The highest BCUT2D eigenvalue weighted by Gasteiger charge is 2.18. The highest BCUT2D eigenvalue weighted by atomic mass is 16.5. The predicted molar refractivity (Wildman–Crippen MR) is 70.7 cm³/mol. The molecule has 5 N–H and O–H groups in total. The summed E-state index contributed by atoms with van der Waals surface area (Å²) in [6.45, 7) is 4.58. The van der Waals surface area contributed by atoms with Crippen LogP contribution in [0.15, 0.2) is 23.0 Å². The lowest BCUT2D eigenvalue weighted by atomic mass is 9.88. The van der Waals surface area contributed by atoms with Gasteiger partial charge in [-0.3, -0.25) is 15.0 Å². The Morgan fingerprint density at radius 3 is 2.94 bits per heavy atom. The van der Waals surface area contributed by atoms with Crippen molar-refractivity contribution in [2.45, 2.75) is 26.2 Å². The zero-order valence-corrected chi connectivity index (χ0v) is 10.7. The van der Waals surface area contributed by atoms with Crippen molar-refractivity contribution in [3.63, 3.8) is 0 Å². The second-order valence-electron chi connectivity index (χ2n) is 4.17. The fourth-order valence-electron chi connectivity index (χ4n) is 2.00. The van der Waals surface area contributed by atoms with Gasteiger partial charge in [0.05, 0.1) is 5.69 Å². The van der Waals surface area contributed by atoms with Gasteiger partial charge in [-0.2, -0.15) is 0 Å². The molecule has 0 amide bonds. The lowest BCUT2D eigenvalue weighted by Crippen LogP contribution is -2.17. The largest absolute Gasteiger partial charge is 0.327 e. The van der Waals surface area contributed by atoms with Crippen LogP contribution < -0.4 is 16.8 Å². The molecule has 0 saturated heterocycles. The van der Waals surface area contributed by atoms with Gasteiger partial charge in [-0.05, 0) is 12.3 Å². The van der Waals surface area contributed by atoms with E-state index in [9.17, 15) is 4.79 Å². The van der Waals surface area contributed by atoms with Crippen LogP contribution in [0.4, 0.5) is 5.95 Å². The van der Waals surface area contributed by atoms with Crippen molar-refractivity contribution in [3.05, 3.63) is 34.3 Å². The molecular formula is C12H20N4O2. The number of hydrogen-bond acceptors (Lipinski definition) is 5. The first kappa shape index (κ1) is 14.4. The smallest absolute Gasteiger partial charge is 0.252 e. The van der Waals surface area contributed by atoms with Crippen LogP contribution in [0.25, 0.3) is 0 Å². The molecule has 0 fully saturated rings. The third-order valence-corrected chi connectivity index (χ3v) is 2.90. The zero-order valence-electron chi connectivity index (χ0n) is 10.7. The van der Waals surface area contributed by atoms with E-state index in [-0.39, 0.29) is 23.3 Å². The molecule has 0 spiro atoms. The van der Waals surface area contributed by atoms with Crippen molar-refractivity contribution in [2.75, 3.05) is 12.0 Å². The normalized spacial score (nSPS) is 14.7. The van der Waals surface area contributed by atoms with Gasteiger partial charge >= 0.3 is 0 Å². The lowest BCUT2D eigenvalue weighted by molar-refractivity contribution is 0.381. The average Bonchev–Trinajstić information content (AvgIpc) is 2.36. The summed E-state index contributed by atoms with van der Waals surface area (Å²) in [4.78, 5) is 18.0. The zero-order chi connectivity index (χ0) is 13.5. The molecule has 6 nitrogen and oxygen atoms in total. The number of nitrogens with two attached hydrogens (primary N) is 1. The van der Waals surface area contributed by atoms with Crippen molar-refractivity contribution in [2.24, 2.45) is 11.7 Å². The summed E-state index contributed by atoms with van der Waals surface area (Å²) in [6.07, 6.45) is 4.76. The Bertz CT molecular complexity index is 456. The number of hydrogen-bond donors (Lipinski definition) is 4. The fraction of sp³-hybridized carbons (Fsp3) is 0.500. The molecular weight excluding hydrogens is 232 g/mol. The van der Waals surface area contributed by atoms with Crippen LogP contribution in [-0.2, 0) is 0 Å². The molecule has 2 unspecified atom stereocenters. The Kier molecular flexibility index (Phi) is 5.54. The van der Waals surface area contributed by atoms with Gasteiger partial charge in [-0.1, -0.05) is 26.0 Å². The van der Waals surface area contributed by atoms with E-state index in [0.717, 1.165) is 6.42 Å². The van der Waals surface area contributed by atoms with E-state index in [4.69, 9.17) is 10.9 Å². The molecule has 2 atom stereocenters. The fourth-order valence-corrected chi connectivity index (χ4v) is 2.00. The van der Waals surface area contributed by atoms with E-state index in [1.54, 1.807) is 0 Å². The van der Waals surface area contributed by atoms with Gasteiger partial charge in [0.1, 0.15) is 0 Å². The summed E-state index contributed by atoms with van der Waals surface area (Å²) in [6, 6.07) is 1.46. The molecule has 0 saturated carbocycles. The quantitative estimate of drug-likeness (QED) is 0.450. The Morgan fingerprint density at radius 1 is 1.67 bits per heavy atom. The van der Waals surface area contributed by atoms with Gasteiger partial charge in [0, 0.05) is 18.5 Å². The number of allylic oxidation sites excluding steroid dienone is 1. The monoisotopic (exact) mass is 252 g/mol. The third-order valence-electron chi connectivity index (χ3n) is 2.90. The van der Waals surface area contributed by atoms with Crippen molar-refractivity contribution < 1.29 is 5.21 Å². The molecule has 0 aliphatic heterocycles. The second kappa shape index (κ2) is 6.93. The minimum atomic E-state index is -0.287. The van der Waals surface area contributed by atoms with Crippen molar-refractivity contribution in [3.8, 4) is 0 Å². The van der Waals surface area contributed by atoms with Crippen molar-refractivity contribution in [1.82, 2.24) is 9.97 Å². The summed E-state index contributed by atoms with van der Waals surface area (Å²) in [5.41, 5.74) is 7.66. The first-order chi connectivity index (χ1) is 8.62. The number of nitrogens with one attached hydrogen (secondary N) is 2. The van der Waals surface area contributed by atoms with Crippen LogP contribution in [0.5, 0.6) is 0 Å². The Labute approximate surface area is 106 Å². The average molecular weight is 252 g/mol. The molecule has 0 aliphatic carbocycles. The standard InChI is InChI=1S/C12H20N4O2/c1-3-9(8(2)5-4-6-13)10-7-11(17)15-12(14-10)16-18/h4-5,7-9,18H,3,6,13H2,1-2H3,(H2,14,15,16,17)/b5-4-. The first-order valence-corrected chi connectivity index (χ1v) is 6.00. The minimum absolute atomic E-state index is 0.0611. The SMILES string of the molecule is CCC(c1cc(=O)[nH]c(NO)n1)C(C)/C=C\CN. The number of aromatic amines is 1. The van der Waals surface area contributed by atoms with Gasteiger partial charge in [0.2, 0.25) is 5.95 Å². The first-order valence-electron chi connectivity index (χ1n) is 6.00. The van der Waals surface area contributed by atoms with Gasteiger partial charge in [0.25, 0.3) is 5.56 Å². The topological polar surface area (TPSA) is 104 Å². The van der Waals surface area contributed by atoms with Crippen LogP contribution in [0.1, 0.15) is 31.9 Å². The summed E-state index contributed by atoms with van der Waals surface area (Å²) in [5, 5.41) is 8.81. The number of rotatable bonds is 6. The molecule has 0 bridgehead atoms. The highest BCUT2D eigenvalue weighted by Crippen LogP contribution is 2.27. The summed E-state index contributed by atoms with van der Waals surface area (Å²) in [5.74, 6) is 0.396. The molecule has 1 aromatic rings. The summed E-state index contributed by atoms with van der Waals surface area (Å²) < 4.78 is 0. The van der Waals surface area contributed by atoms with Crippen molar-refractivity contribution >= 4 is 5.95 Å². The maximum atomic E-state index is 11.4. The maximum absolute atomic E-state index is 11.4. The van der Waals surface area contributed by atoms with E-state index in [0.29, 0.717) is 12.2 Å². The summed E-state index contributed by atoms with van der Waals surface area (Å²) in [7, 11) is 0. The molecule has 0 aliphatic rings.